The topological polar surface area (TPSA) is 38.3 Å². The van der Waals surface area contributed by atoms with E-state index in [0.717, 1.165) is 18.6 Å². The highest BCUT2D eigenvalue weighted by Crippen LogP contribution is 2.25. The molecule has 1 heterocycles. The molecule has 2 rings (SSSR count). The maximum Gasteiger partial charge on any atom is 0.253 e. The molecule has 0 aromatic heterocycles. The first-order valence-corrected chi connectivity index (χ1v) is 6.35. The van der Waals surface area contributed by atoms with Crippen LogP contribution in [-0.2, 0) is 9.53 Å². The summed E-state index contributed by atoms with van der Waals surface area (Å²) in [6.07, 6.45) is 0.186. The molecule has 1 amide bonds. The standard InChI is InChI=1S/C12H12BrF2NO2/c1-6-2-3-18-11(6)12(17)16-10-5-8(14)7(13)4-9(10)15/h4-6,11H,2-3H2,1H3,(H,16,17). The predicted molar refractivity (Wildman–Crippen MR) is 66.2 cm³/mol. The minimum Gasteiger partial charge on any atom is -0.368 e. The zero-order valence-electron chi connectivity index (χ0n) is 9.67. The molecule has 0 bridgehead atoms. The third-order valence-electron chi connectivity index (χ3n) is 2.91. The van der Waals surface area contributed by atoms with Gasteiger partial charge in [0.05, 0.1) is 10.2 Å². The quantitative estimate of drug-likeness (QED) is 0.851. The number of hydrogen-bond donors (Lipinski definition) is 1. The van der Waals surface area contributed by atoms with Crippen LogP contribution in [0, 0.1) is 17.6 Å². The molecule has 2 atom stereocenters. The van der Waals surface area contributed by atoms with E-state index >= 15 is 0 Å². The number of benzene rings is 1. The first-order valence-electron chi connectivity index (χ1n) is 5.56. The summed E-state index contributed by atoms with van der Waals surface area (Å²) in [5.41, 5.74) is -0.177. The van der Waals surface area contributed by atoms with Crippen molar-refractivity contribution in [3.8, 4) is 0 Å². The highest BCUT2D eigenvalue weighted by atomic mass is 79.9. The molecule has 18 heavy (non-hydrogen) atoms. The number of amides is 1. The molecule has 1 aromatic rings. The lowest BCUT2D eigenvalue weighted by Gasteiger charge is -2.15. The summed E-state index contributed by atoms with van der Waals surface area (Å²) in [5.74, 6) is -1.69. The second-order valence-corrected chi connectivity index (χ2v) is 5.15. The van der Waals surface area contributed by atoms with Crippen molar-refractivity contribution >= 4 is 27.5 Å². The van der Waals surface area contributed by atoms with Gasteiger partial charge in [0, 0.05) is 12.7 Å². The molecule has 0 spiro atoms. The predicted octanol–water partition coefficient (Wildman–Crippen LogP) is 3.09. The van der Waals surface area contributed by atoms with Crippen LogP contribution in [-0.4, -0.2) is 18.6 Å². The molecular weight excluding hydrogens is 308 g/mol. The lowest BCUT2D eigenvalue weighted by atomic mass is 10.0. The molecule has 1 aromatic carbocycles. The van der Waals surface area contributed by atoms with E-state index in [1.165, 1.54) is 0 Å². The molecule has 1 aliphatic rings. The van der Waals surface area contributed by atoms with Crippen molar-refractivity contribution in [3.05, 3.63) is 28.2 Å². The molecule has 1 fully saturated rings. The number of halogens is 3. The third kappa shape index (κ3) is 2.70. The Hall–Kier alpha value is -1.01. The van der Waals surface area contributed by atoms with Gasteiger partial charge in [-0.15, -0.1) is 0 Å². The Kier molecular flexibility index (Phi) is 3.97. The van der Waals surface area contributed by atoms with Crippen molar-refractivity contribution in [2.75, 3.05) is 11.9 Å². The number of anilines is 1. The first kappa shape index (κ1) is 13.4. The van der Waals surface area contributed by atoms with Gasteiger partial charge in [0.1, 0.15) is 17.7 Å². The van der Waals surface area contributed by atoms with E-state index in [2.05, 4.69) is 21.2 Å². The monoisotopic (exact) mass is 319 g/mol. The van der Waals surface area contributed by atoms with Gasteiger partial charge in [-0.2, -0.15) is 0 Å². The van der Waals surface area contributed by atoms with Gasteiger partial charge in [0.2, 0.25) is 0 Å². The third-order valence-corrected chi connectivity index (χ3v) is 3.52. The number of carbonyl (C=O) groups is 1. The van der Waals surface area contributed by atoms with Gasteiger partial charge < -0.3 is 10.1 Å². The number of rotatable bonds is 2. The van der Waals surface area contributed by atoms with E-state index in [1.54, 1.807) is 0 Å². The Morgan fingerprint density at radius 1 is 1.44 bits per heavy atom. The summed E-state index contributed by atoms with van der Waals surface area (Å²) in [7, 11) is 0. The van der Waals surface area contributed by atoms with Crippen molar-refractivity contribution in [2.45, 2.75) is 19.4 Å². The van der Waals surface area contributed by atoms with Crippen molar-refractivity contribution < 1.29 is 18.3 Å². The van der Waals surface area contributed by atoms with Crippen molar-refractivity contribution in [1.82, 2.24) is 0 Å². The van der Waals surface area contributed by atoms with Crippen LogP contribution < -0.4 is 5.32 Å². The molecule has 3 nitrogen and oxygen atoms in total. The largest absolute Gasteiger partial charge is 0.368 e. The van der Waals surface area contributed by atoms with Crippen molar-refractivity contribution in [2.24, 2.45) is 5.92 Å². The Morgan fingerprint density at radius 2 is 2.17 bits per heavy atom. The normalized spacial score (nSPS) is 23.1. The first-order chi connectivity index (χ1) is 8.49. The fourth-order valence-corrected chi connectivity index (χ4v) is 2.17. The average Bonchev–Trinajstić information content (AvgIpc) is 2.72. The maximum absolute atomic E-state index is 13.5. The van der Waals surface area contributed by atoms with Gasteiger partial charge in [-0.1, -0.05) is 6.92 Å². The summed E-state index contributed by atoms with van der Waals surface area (Å²) in [6.45, 7) is 2.40. The van der Waals surface area contributed by atoms with E-state index in [-0.39, 0.29) is 16.1 Å². The van der Waals surface area contributed by atoms with E-state index in [0.29, 0.717) is 6.61 Å². The number of carbonyl (C=O) groups excluding carboxylic acids is 1. The van der Waals surface area contributed by atoms with E-state index in [1.807, 2.05) is 6.92 Å². The van der Waals surface area contributed by atoms with Crippen LogP contribution >= 0.6 is 15.9 Å². The molecule has 0 aliphatic carbocycles. The van der Waals surface area contributed by atoms with Crippen LogP contribution in [0.15, 0.2) is 16.6 Å². The Bertz CT molecular complexity index is 481. The molecular formula is C12H12BrF2NO2. The highest BCUT2D eigenvalue weighted by molar-refractivity contribution is 9.10. The number of ether oxygens (including phenoxy) is 1. The fourth-order valence-electron chi connectivity index (χ4n) is 1.85. The maximum atomic E-state index is 13.5. The summed E-state index contributed by atoms with van der Waals surface area (Å²) >= 11 is 2.87. The number of hydrogen-bond acceptors (Lipinski definition) is 2. The lowest BCUT2D eigenvalue weighted by Crippen LogP contribution is -2.31. The molecule has 0 saturated carbocycles. The van der Waals surface area contributed by atoms with Crippen LogP contribution in [0.4, 0.5) is 14.5 Å². The molecule has 0 radical (unpaired) electrons. The Balaban J connectivity index is 2.14. The smallest absolute Gasteiger partial charge is 0.253 e. The summed E-state index contributed by atoms with van der Waals surface area (Å²) in [6, 6.07) is 1.92. The van der Waals surface area contributed by atoms with E-state index in [9.17, 15) is 13.6 Å². The highest BCUT2D eigenvalue weighted by Gasteiger charge is 2.31. The van der Waals surface area contributed by atoms with Gasteiger partial charge in [-0.05, 0) is 34.3 Å². The van der Waals surface area contributed by atoms with Crippen LogP contribution in [0.1, 0.15) is 13.3 Å². The van der Waals surface area contributed by atoms with Gasteiger partial charge >= 0.3 is 0 Å². The summed E-state index contributed by atoms with van der Waals surface area (Å²) in [4.78, 5) is 11.8. The molecule has 1 N–H and O–H groups in total. The van der Waals surface area contributed by atoms with Crippen molar-refractivity contribution in [1.29, 1.82) is 0 Å². The van der Waals surface area contributed by atoms with Gasteiger partial charge in [0.15, 0.2) is 0 Å². The van der Waals surface area contributed by atoms with Crippen LogP contribution in [0.3, 0.4) is 0 Å². The average molecular weight is 320 g/mol. The van der Waals surface area contributed by atoms with Gasteiger partial charge in [0.25, 0.3) is 5.91 Å². The molecule has 1 saturated heterocycles. The zero-order chi connectivity index (χ0) is 13.3. The minimum atomic E-state index is -0.692. The summed E-state index contributed by atoms with van der Waals surface area (Å²) in [5, 5.41) is 2.35. The fraction of sp³-hybridized carbons (Fsp3) is 0.417. The molecule has 6 heteroatoms. The van der Waals surface area contributed by atoms with E-state index in [4.69, 9.17) is 4.74 Å². The van der Waals surface area contributed by atoms with Crippen LogP contribution in [0.2, 0.25) is 0 Å². The van der Waals surface area contributed by atoms with Crippen molar-refractivity contribution in [3.63, 3.8) is 0 Å². The van der Waals surface area contributed by atoms with Gasteiger partial charge in [-0.25, -0.2) is 8.78 Å². The SMILES string of the molecule is CC1CCOC1C(=O)Nc1cc(F)c(Br)cc1F. The Labute approximate surface area is 112 Å². The minimum absolute atomic E-state index is 0.0171. The second-order valence-electron chi connectivity index (χ2n) is 4.29. The zero-order valence-corrected chi connectivity index (χ0v) is 11.3. The number of nitrogens with one attached hydrogen (secondary N) is 1. The molecule has 2 unspecified atom stereocenters. The van der Waals surface area contributed by atoms with Crippen LogP contribution in [0.25, 0.3) is 0 Å². The summed E-state index contributed by atoms with van der Waals surface area (Å²) < 4.78 is 32.1. The van der Waals surface area contributed by atoms with Gasteiger partial charge in [-0.3, -0.25) is 4.79 Å². The molecule has 98 valence electrons. The molecule has 1 aliphatic heterocycles. The Morgan fingerprint density at radius 3 is 2.78 bits per heavy atom. The van der Waals surface area contributed by atoms with Crippen LogP contribution in [0.5, 0.6) is 0 Å². The second kappa shape index (κ2) is 5.32. The lowest BCUT2D eigenvalue weighted by molar-refractivity contribution is -0.126. The van der Waals surface area contributed by atoms with E-state index < -0.39 is 23.6 Å².